The van der Waals surface area contributed by atoms with Gasteiger partial charge in [-0.25, -0.2) is 0 Å². The van der Waals surface area contributed by atoms with Crippen LogP contribution in [0.15, 0.2) is 40.9 Å². The molecule has 0 bridgehead atoms. The van der Waals surface area contributed by atoms with E-state index in [2.05, 4.69) is 34.3 Å². The van der Waals surface area contributed by atoms with Crippen molar-refractivity contribution < 1.29 is 9.26 Å². The maximum atomic E-state index is 5.73. The van der Waals surface area contributed by atoms with E-state index in [0.717, 1.165) is 25.3 Å². The third-order valence-electron chi connectivity index (χ3n) is 3.28. The Morgan fingerprint density at radius 2 is 2.16 bits per heavy atom. The molecule has 2 heterocycles. The number of aromatic nitrogens is 1. The van der Waals surface area contributed by atoms with E-state index in [-0.39, 0.29) is 6.10 Å². The van der Waals surface area contributed by atoms with Crippen LogP contribution >= 0.6 is 0 Å². The number of morpholine rings is 1. The normalized spacial score (nSPS) is 20.5. The summed E-state index contributed by atoms with van der Waals surface area (Å²) in [6.45, 7) is 3.36. The lowest BCUT2D eigenvalue weighted by Crippen LogP contribution is -2.37. The summed E-state index contributed by atoms with van der Waals surface area (Å²) in [5.41, 5.74) is 7.63. The Bertz CT molecular complexity index is 526. The van der Waals surface area contributed by atoms with Crippen LogP contribution in [0.3, 0.4) is 0 Å². The highest BCUT2D eigenvalue weighted by Gasteiger charge is 2.24. The van der Waals surface area contributed by atoms with E-state index >= 15 is 0 Å². The molecule has 3 rings (SSSR count). The summed E-state index contributed by atoms with van der Waals surface area (Å²) in [6.07, 6.45) is -0.0569. The zero-order valence-corrected chi connectivity index (χ0v) is 10.7. The van der Waals surface area contributed by atoms with Crippen molar-refractivity contribution in [2.75, 3.05) is 25.4 Å². The summed E-state index contributed by atoms with van der Waals surface area (Å²) in [5.74, 6) is 0.332. The predicted molar refractivity (Wildman–Crippen MR) is 71.3 cm³/mol. The molecule has 1 aromatic carbocycles. The predicted octanol–water partition coefficient (Wildman–Crippen LogP) is 1.83. The number of nitrogen functional groups attached to an aromatic ring is 1. The summed E-state index contributed by atoms with van der Waals surface area (Å²) < 4.78 is 10.6. The minimum atomic E-state index is -0.0569. The highest BCUT2D eigenvalue weighted by Crippen LogP contribution is 2.23. The SMILES string of the molecule is Nc1cc(C2CN(Cc3ccccc3)CCO2)no1. The number of rotatable bonds is 3. The maximum absolute atomic E-state index is 5.73. The number of ether oxygens (including phenoxy) is 1. The standard InChI is InChI=1S/C14H17N3O2/c15-14-8-12(16-19-14)13-10-17(6-7-18-13)9-11-4-2-1-3-5-11/h1-5,8,13H,6-7,9-10,15H2. The largest absolute Gasteiger partial charge is 0.369 e. The molecule has 1 saturated heterocycles. The van der Waals surface area contributed by atoms with Gasteiger partial charge in [0.25, 0.3) is 0 Å². The molecule has 0 radical (unpaired) electrons. The number of hydrogen-bond donors (Lipinski definition) is 1. The molecule has 0 amide bonds. The molecule has 1 aromatic heterocycles. The Labute approximate surface area is 111 Å². The van der Waals surface area contributed by atoms with Crippen molar-refractivity contribution >= 4 is 5.88 Å². The lowest BCUT2D eigenvalue weighted by atomic mass is 10.1. The summed E-state index contributed by atoms with van der Waals surface area (Å²) in [7, 11) is 0. The molecular weight excluding hydrogens is 242 g/mol. The van der Waals surface area contributed by atoms with Gasteiger partial charge in [-0.3, -0.25) is 4.90 Å². The highest BCUT2D eigenvalue weighted by atomic mass is 16.5. The summed E-state index contributed by atoms with van der Waals surface area (Å²) in [4.78, 5) is 2.36. The molecule has 1 aliphatic rings. The van der Waals surface area contributed by atoms with E-state index in [1.165, 1.54) is 5.56 Å². The average molecular weight is 259 g/mol. The first-order valence-electron chi connectivity index (χ1n) is 6.41. The molecule has 100 valence electrons. The molecule has 5 nitrogen and oxygen atoms in total. The van der Waals surface area contributed by atoms with Crippen molar-refractivity contribution in [3.8, 4) is 0 Å². The maximum Gasteiger partial charge on any atom is 0.222 e. The summed E-state index contributed by atoms with van der Waals surface area (Å²) in [5, 5.41) is 3.93. The lowest BCUT2D eigenvalue weighted by Gasteiger charge is -2.31. The van der Waals surface area contributed by atoms with Gasteiger partial charge in [-0.2, -0.15) is 0 Å². The lowest BCUT2D eigenvalue weighted by molar-refractivity contribution is -0.0361. The van der Waals surface area contributed by atoms with Crippen LogP contribution < -0.4 is 5.73 Å². The van der Waals surface area contributed by atoms with Crippen LogP contribution in [0.4, 0.5) is 5.88 Å². The molecule has 1 atom stereocenters. The van der Waals surface area contributed by atoms with Gasteiger partial charge in [-0.05, 0) is 5.56 Å². The minimum Gasteiger partial charge on any atom is -0.369 e. The van der Waals surface area contributed by atoms with Crippen molar-refractivity contribution in [3.63, 3.8) is 0 Å². The van der Waals surface area contributed by atoms with Crippen LogP contribution in [-0.2, 0) is 11.3 Å². The number of nitrogens with zero attached hydrogens (tertiary/aromatic N) is 2. The molecule has 1 aliphatic heterocycles. The second-order valence-corrected chi connectivity index (χ2v) is 4.73. The second-order valence-electron chi connectivity index (χ2n) is 4.73. The van der Waals surface area contributed by atoms with Crippen LogP contribution in [0.1, 0.15) is 17.4 Å². The van der Waals surface area contributed by atoms with E-state index in [9.17, 15) is 0 Å². The van der Waals surface area contributed by atoms with Crippen LogP contribution in [-0.4, -0.2) is 29.8 Å². The van der Waals surface area contributed by atoms with Gasteiger partial charge in [0, 0.05) is 25.7 Å². The molecule has 0 aliphatic carbocycles. The van der Waals surface area contributed by atoms with Gasteiger partial charge in [0.05, 0.1) is 6.61 Å². The molecule has 5 heteroatoms. The van der Waals surface area contributed by atoms with E-state index in [1.54, 1.807) is 6.07 Å². The summed E-state index contributed by atoms with van der Waals surface area (Å²) >= 11 is 0. The molecule has 2 aromatic rings. The van der Waals surface area contributed by atoms with Crippen molar-refractivity contribution in [1.29, 1.82) is 0 Å². The van der Waals surface area contributed by atoms with Gasteiger partial charge in [0.2, 0.25) is 5.88 Å². The second kappa shape index (κ2) is 5.42. The van der Waals surface area contributed by atoms with Gasteiger partial charge in [0.1, 0.15) is 11.8 Å². The number of benzene rings is 1. The number of anilines is 1. The molecule has 0 saturated carbocycles. The highest BCUT2D eigenvalue weighted by molar-refractivity contribution is 5.26. The Balaban J connectivity index is 1.65. The fraction of sp³-hybridized carbons (Fsp3) is 0.357. The van der Waals surface area contributed by atoms with Gasteiger partial charge in [0.15, 0.2) is 0 Å². The van der Waals surface area contributed by atoms with Gasteiger partial charge in [-0.1, -0.05) is 35.5 Å². The molecule has 2 N–H and O–H groups in total. The van der Waals surface area contributed by atoms with Crippen molar-refractivity contribution in [2.24, 2.45) is 0 Å². The first-order valence-corrected chi connectivity index (χ1v) is 6.41. The first kappa shape index (κ1) is 12.2. The van der Waals surface area contributed by atoms with Crippen LogP contribution in [0.5, 0.6) is 0 Å². The number of nitrogens with two attached hydrogens (primary N) is 1. The Morgan fingerprint density at radius 3 is 2.89 bits per heavy atom. The van der Waals surface area contributed by atoms with Gasteiger partial charge < -0.3 is 15.0 Å². The van der Waals surface area contributed by atoms with Crippen LogP contribution in [0.25, 0.3) is 0 Å². The Morgan fingerprint density at radius 1 is 1.32 bits per heavy atom. The smallest absolute Gasteiger partial charge is 0.222 e. The molecule has 1 unspecified atom stereocenters. The number of hydrogen-bond acceptors (Lipinski definition) is 5. The molecule has 0 spiro atoms. The van der Waals surface area contributed by atoms with Crippen molar-refractivity contribution in [3.05, 3.63) is 47.7 Å². The van der Waals surface area contributed by atoms with E-state index in [0.29, 0.717) is 12.5 Å². The summed E-state index contributed by atoms with van der Waals surface area (Å²) in [6, 6.07) is 12.2. The van der Waals surface area contributed by atoms with E-state index in [4.69, 9.17) is 15.0 Å². The zero-order chi connectivity index (χ0) is 13.1. The molecule has 19 heavy (non-hydrogen) atoms. The van der Waals surface area contributed by atoms with Crippen LogP contribution in [0.2, 0.25) is 0 Å². The topological polar surface area (TPSA) is 64.5 Å². The van der Waals surface area contributed by atoms with Crippen molar-refractivity contribution in [2.45, 2.75) is 12.6 Å². The third kappa shape index (κ3) is 2.94. The minimum absolute atomic E-state index is 0.0569. The van der Waals surface area contributed by atoms with Crippen molar-refractivity contribution in [1.82, 2.24) is 10.1 Å². The molecular formula is C14H17N3O2. The quantitative estimate of drug-likeness (QED) is 0.911. The van der Waals surface area contributed by atoms with Gasteiger partial charge in [-0.15, -0.1) is 0 Å². The van der Waals surface area contributed by atoms with E-state index < -0.39 is 0 Å². The zero-order valence-electron chi connectivity index (χ0n) is 10.7. The Hall–Kier alpha value is -1.85. The van der Waals surface area contributed by atoms with E-state index in [1.807, 2.05) is 6.07 Å². The van der Waals surface area contributed by atoms with Crippen LogP contribution in [0, 0.1) is 0 Å². The fourth-order valence-corrected chi connectivity index (χ4v) is 2.32. The molecule has 1 fully saturated rings. The Kier molecular flexibility index (Phi) is 3.48. The average Bonchev–Trinajstić information content (AvgIpc) is 2.87. The first-order chi connectivity index (χ1) is 9.31. The third-order valence-corrected chi connectivity index (χ3v) is 3.28. The fourth-order valence-electron chi connectivity index (χ4n) is 2.32. The van der Waals surface area contributed by atoms with Gasteiger partial charge >= 0.3 is 0 Å². The monoisotopic (exact) mass is 259 g/mol.